The number of likely N-dealkylation sites (tertiary alicyclic amines) is 1. The van der Waals surface area contributed by atoms with Crippen LogP contribution in [0.4, 0.5) is 10.5 Å². The van der Waals surface area contributed by atoms with Crippen LogP contribution < -0.4 is 10.2 Å². The lowest BCUT2D eigenvalue weighted by Gasteiger charge is -2.19. The zero-order valence-electron chi connectivity index (χ0n) is 11.1. The highest BCUT2D eigenvalue weighted by molar-refractivity contribution is 5.94. The molecule has 2 aliphatic heterocycles. The maximum Gasteiger partial charge on any atom is 0.322 e. The second kappa shape index (κ2) is 5.57. The van der Waals surface area contributed by atoms with E-state index in [0.717, 1.165) is 37.4 Å². The average Bonchev–Trinajstić information content (AvgIpc) is 3.08. The zero-order chi connectivity index (χ0) is 13.1. The van der Waals surface area contributed by atoms with E-state index in [9.17, 15) is 4.79 Å². The molecule has 0 saturated carbocycles. The topological polar surface area (TPSA) is 48.5 Å². The predicted molar refractivity (Wildman–Crippen MR) is 74.4 cm³/mol. The van der Waals surface area contributed by atoms with E-state index in [0.29, 0.717) is 0 Å². The third kappa shape index (κ3) is 2.71. The van der Waals surface area contributed by atoms with Gasteiger partial charge in [-0.25, -0.2) is 4.79 Å². The molecule has 0 aromatic carbocycles. The Kier molecular flexibility index (Phi) is 3.64. The van der Waals surface area contributed by atoms with Crippen LogP contribution in [0.1, 0.15) is 18.5 Å². The molecule has 102 valence electrons. The van der Waals surface area contributed by atoms with Crippen molar-refractivity contribution >= 4 is 11.7 Å². The molecule has 1 aromatic heterocycles. The van der Waals surface area contributed by atoms with Crippen molar-refractivity contribution in [3.8, 4) is 0 Å². The minimum Gasteiger partial charge on any atom is -0.336 e. The minimum absolute atomic E-state index is 0.00424. The summed E-state index contributed by atoms with van der Waals surface area (Å²) in [5.74, 6) is 0. The number of hydrogen-bond donors (Lipinski definition) is 1. The Hall–Kier alpha value is -1.62. The monoisotopic (exact) mass is 260 g/mol. The van der Waals surface area contributed by atoms with E-state index >= 15 is 0 Å². The van der Waals surface area contributed by atoms with Crippen LogP contribution in [0.15, 0.2) is 18.3 Å². The Bertz CT molecular complexity index is 457. The fourth-order valence-electron chi connectivity index (χ4n) is 2.84. The van der Waals surface area contributed by atoms with Crippen LogP contribution in [0.2, 0.25) is 0 Å². The second-order valence-corrected chi connectivity index (χ2v) is 5.15. The number of nitrogens with zero attached hydrogens (tertiary/aromatic N) is 3. The number of hydrogen-bond acceptors (Lipinski definition) is 3. The van der Waals surface area contributed by atoms with Gasteiger partial charge in [-0.1, -0.05) is 0 Å². The van der Waals surface area contributed by atoms with E-state index in [1.165, 1.54) is 25.9 Å². The van der Waals surface area contributed by atoms with Gasteiger partial charge in [0.15, 0.2) is 0 Å². The molecule has 0 aliphatic carbocycles. The molecule has 0 atom stereocenters. The van der Waals surface area contributed by atoms with Gasteiger partial charge in [0.2, 0.25) is 0 Å². The fraction of sp³-hybridized carbons (Fsp3) is 0.571. The molecule has 5 nitrogen and oxygen atoms in total. The number of rotatable bonds is 4. The number of carbonyl (C=O) groups is 1. The molecule has 19 heavy (non-hydrogen) atoms. The molecule has 3 rings (SSSR count). The van der Waals surface area contributed by atoms with Gasteiger partial charge in [-0.2, -0.15) is 0 Å². The highest BCUT2D eigenvalue weighted by Gasteiger charge is 2.24. The Labute approximate surface area is 113 Å². The number of amides is 2. The van der Waals surface area contributed by atoms with Crippen LogP contribution in [-0.2, 0) is 6.42 Å². The van der Waals surface area contributed by atoms with E-state index in [4.69, 9.17) is 0 Å². The van der Waals surface area contributed by atoms with E-state index < -0.39 is 0 Å². The Balaban J connectivity index is 1.71. The lowest BCUT2D eigenvalue weighted by molar-refractivity contribution is 0.252. The predicted octanol–water partition coefficient (Wildman–Crippen LogP) is 1.25. The summed E-state index contributed by atoms with van der Waals surface area (Å²) < 4.78 is 0. The van der Waals surface area contributed by atoms with Crippen molar-refractivity contribution in [1.82, 2.24) is 15.2 Å². The average molecular weight is 260 g/mol. The quantitative estimate of drug-likeness (QED) is 0.886. The second-order valence-electron chi connectivity index (χ2n) is 5.15. The van der Waals surface area contributed by atoms with E-state index in [1.807, 2.05) is 18.3 Å². The summed E-state index contributed by atoms with van der Waals surface area (Å²) in [6.45, 7) is 4.90. The summed E-state index contributed by atoms with van der Waals surface area (Å²) in [5, 5.41) is 2.84. The molecule has 0 bridgehead atoms. The largest absolute Gasteiger partial charge is 0.336 e. The standard InChI is InChI=1S/C14H20N4O/c19-14-16-7-11-18(14)13-4-3-6-15-12(13)5-10-17-8-1-2-9-17/h3-4,6H,1-2,5,7-11H2,(H,16,19). The van der Waals surface area contributed by atoms with Crippen LogP contribution in [0.3, 0.4) is 0 Å². The van der Waals surface area contributed by atoms with Crippen LogP contribution in [-0.4, -0.2) is 48.6 Å². The smallest absolute Gasteiger partial charge is 0.322 e. The number of aromatic nitrogens is 1. The van der Waals surface area contributed by atoms with E-state index in [1.54, 1.807) is 4.90 Å². The Morgan fingerprint density at radius 2 is 2.11 bits per heavy atom. The summed E-state index contributed by atoms with van der Waals surface area (Å²) >= 11 is 0. The molecule has 0 radical (unpaired) electrons. The van der Waals surface area contributed by atoms with Crippen LogP contribution >= 0.6 is 0 Å². The molecular formula is C14H20N4O. The maximum atomic E-state index is 11.8. The molecule has 2 fully saturated rings. The van der Waals surface area contributed by atoms with Gasteiger partial charge < -0.3 is 10.2 Å². The summed E-state index contributed by atoms with van der Waals surface area (Å²) in [6, 6.07) is 3.90. The first kappa shape index (κ1) is 12.4. The molecule has 1 N–H and O–H groups in total. The van der Waals surface area contributed by atoms with Crippen molar-refractivity contribution in [2.24, 2.45) is 0 Å². The molecule has 0 unspecified atom stereocenters. The zero-order valence-corrected chi connectivity index (χ0v) is 11.1. The lowest BCUT2D eigenvalue weighted by Crippen LogP contribution is -2.29. The summed E-state index contributed by atoms with van der Waals surface area (Å²) in [7, 11) is 0. The Morgan fingerprint density at radius 1 is 1.26 bits per heavy atom. The normalized spacial score (nSPS) is 20.0. The first-order chi connectivity index (χ1) is 9.34. The van der Waals surface area contributed by atoms with Gasteiger partial charge in [-0.15, -0.1) is 0 Å². The first-order valence-corrected chi connectivity index (χ1v) is 7.06. The van der Waals surface area contributed by atoms with Crippen molar-refractivity contribution in [3.05, 3.63) is 24.0 Å². The number of nitrogens with one attached hydrogen (secondary N) is 1. The third-order valence-electron chi connectivity index (χ3n) is 3.88. The third-order valence-corrected chi connectivity index (χ3v) is 3.88. The molecule has 3 heterocycles. The summed E-state index contributed by atoms with van der Waals surface area (Å²) in [6.07, 6.45) is 5.35. The van der Waals surface area contributed by atoms with Crippen molar-refractivity contribution < 1.29 is 4.79 Å². The van der Waals surface area contributed by atoms with Crippen molar-refractivity contribution in [3.63, 3.8) is 0 Å². The molecule has 0 spiro atoms. The van der Waals surface area contributed by atoms with Crippen LogP contribution in [0, 0.1) is 0 Å². The summed E-state index contributed by atoms with van der Waals surface area (Å²) in [4.78, 5) is 20.5. The minimum atomic E-state index is -0.00424. The SMILES string of the molecule is O=C1NCCN1c1cccnc1CCN1CCCC1. The van der Waals surface area contributed by atoms with Crippen molar-refractivity contribution in [2.75, 3.05) is 37.6 Å². The lowest BCUT2D eigenvalue weighted by atomic mass is 10.2. The highest BCUT2D eigenvalue weighted by atomic mass is 16.2. The van der Waals surface area contributed by atoms with Gasteiger partial charge in [-0.3, -0.25) is 9.88 Å². The number of pyridine rings is 1. The highest BCUT2D eigenvalue weighted by Crippen LogP contribution is 2.21. The van der Waals surface area contributed by atoms with Gasteiger partial charge in [0.05, 0.1) is 11.4 Å². The summed E-state index contributed by atoms with van der Waals surface area (Å²) in [5.41, 5.74) is 2.00. The van der Waals surface area contributed by atoms with Gasteiger partial charge in [0.1, 0.15) is 0 Å². The fourth-order valence-corrected chi connectivity index (χ4v) is 2.84. The van der Waals surface area contributed by atoms with Crippen LogP contribution in [0.5, 0.6) is 0 Å². The maximum absolute atomic E-state index is 11.8. The molecule has 2 aliphatic rings. The molecule has 2 saturated heterocycles. The van der Waals surface area contributed by atoms with Crippen molar-refractivity contribution in [1.29, 1.82) is 0 Å². The van der Waals surface area contributed by atoms with Gasteiger partial charge in [0, 0.05) is 32.3 Å². The van der Waals surface area contributed by atoms with Gasteiger partial charge in [-0.05, 0) is 38.1 Å². The van der Waals surface area contributed by atoms with Crippen LogP contribution in [0.25, 0.3) is 0 Å². The number of anilines is 1. The first-order valence-electron chi connectivity index (χ1n) is 7.06. The number of urea groups is 1. The number of carbonyl (C=O) groups excluding carboxylic acids is 1. The molecular weight excluding hydrogens is 240 g/mol. The van der Waals surface area contributed by atoms with Gasteiger partial charge >= 0.3 is 6.03 Å². The van der Waals surface area contributed by atoms with Gasteiger partial charge in [0.25, 0.3) is 0 Å². The Morgan fingerprint density at radius 3 is 2.84 bits per heavy atom. The van der Waals surface area contributed by atoms with Crippen molar-refractivity contribution in [2.45, 2.75) is 19.3 Å². The molecule has 1 aromatic rings. The van der Waals surface area contributed by atoms with E-state index in [2.05, 4.69) is 15.2 Å². The molecule has 2 amide bonds. The van der Waals surface area contributed by atoms with E-state index in [-0.39, 0.29) is 6.03 Å². The molecule has 5 heteroatoms.